The van der Waals surface area contributed by atoms with Crippen molar-refractivity contribution in [3.8, 4) is 11.1 Å². The zero-order valence-electron chi connectivity index (χ0n) is 12.1. The zero-order valence-corrected chi connectivity index (χ0v) is 12.1. The molecule has 0 fully saturated rings. The van der Waals surface area contributed by atoms with E-state index in [-0.39, 0.29) is 0 Å². The highest BCUT2D eigenvalue weighted by Gasteiger charge is 2.22. The Labute approximate surface area is 123 Å². The molecule has 0 spiro atoms. The van der Waals surface area contributed by atoms with Gasteiger partial charge in [0, 0.05) is 18.1 Å². The van der Waals surface area contributed by atoms with Crippen molar-refractivity contribution in [3.63, 3.8) is 0 Å². The van der Waals surface area contributed by atoms with E-state index in [0.717, 1.165) is 17.6 Å². The molecule has 0 saturated heterocycles. The van der Waals surface area contributed by atoms with E-state index in [9.17, 15) is 0 Å². The molecular formula is C17H18N4. The molecule has 106 valence electrons. The van der Waals surface area contributed by atoms with Gasteiger partial charge in [0.2, 0.25) is 0 Å². The maximum atomic E-state index is 4.32. The lowest BCUT2D eigenvalue weighted by Crippen LogP contribution is -2.15. The molecule has 4 nitrogen and oxygen atoms in total. The number of aryl methyl sites for hydroxylation is 1. The Kier molecular flexibility index (Phi) is 2.97. The molecule has 1 unspecified atom stereocenters. The van der Waals surface area contributed by atoms with Crippen molar-refractivity contribution in [2.75, 3.05) is 13.6 Å². The molecule has 1 aromatic carbocycles. The zero-order chi connectivity index (χ0) is 14.2. The third-order valence-corrected chi connectivity index (χ3v) is 4.46. The van der Waals surface area contributed by atoms with Crippen LogP contribution in [-0.2, 0) is 6.42 Å². The number of nitrogens with zero attached hydrogens (tertiary/aromatic N) is 2. The topological polar surface area (TPSA) is 53.6 Å². The van der Waals surface area contributed by atoms with E-state index in [1.165, 1.54) is 35.1 Å². The third-order valence-electron chi connectivity index (χ3n) is 4.46. The number of benzene rings is 1. The largest absolute Gasteiger partial charge is 0.319 e. The average molecular weight is 278 g/mol. The maximum Gasteiger partial charge on any atom is 0.155 e. The van der Waals surface area contributed by atoms with Crippen LogP contribution in [0.2, 0.25) is 0 Å². The second-order valence-corrected chi connectivity index (χ2v) is 5.70. The van der Waals surface area contributed by atoms with Gasteiger partial charge >= 0.3 is 0 Å². The molecule has 0 radical (unpaired) electrons. The van der Waals surface area contributed by atoms with Gasteiger partial charge in [-0.25, -0.2) is 4.98 Å². The number of hydrogen-bond donors (Lipinski definition) is 2. The van der Waals surface area contributed by atoms with Crippen molar-refractivity contribution in [1.29, 1.82) is 0 Å². The second-order valence-electron chi connectivity index (χ2n) is 5.70. The lowest BCUT2D eigenvalue weighted by atomic mass is 9.95. The maximum absolute atomic E-state index is 4.32. The molecule has 1 aliphatic carbocycles. The first kappa shape index (κ1) is 12.5. The predicted octanol–water partition coefficient (Wildman–Crippen LogP) is 2.87. The third kappa shape index (κ3) is 2.03. The number of aromatic amines is 1. The van der Waals surface area contributed by atoms with Gasteiger partial charge in [-0.1, -0.05) is 18.2 Å². The number of aromatic nitrogens is 3. The van der Waals surface area contributed by atoms with Gasteiger partial charge in [-0.3, -0.25) is 5.10 Å². The van der Waals surface area contributed by atoms with Crippen LogP contribution >= 0.6 is 0 Å². The summed E-state index contributed by atoms with van der Waals surface area (Å²) in [7, 11) is 2.03. The second kappa shape index (κ2) is 4.97. The van der Waals surface area contributed by atoms with E-state index < -0.39 is 0 Å². The first-order valence-electron chi connectivity index (χ1n) is 7.42. The minimum absolute atomic E-state index is 0.631. The standard InChI is InChI=1S/C17H18N4/c1-18-9-13-5-3-11-2-4-12(8-15(11)13)14-6-7-19-17-16(14)10-20-21-17/h2,4,6-8,10,13,18H,3,5,9H2,1H3,(H,19,20,21). The van der Waals surface area contributed by atoms with Gasteiger partial charge in [0.25, 0.3) is 0 Å². The molecule has 2 aromatic heterocycles. The number of pyridine rings is 1. The molecule has 21 heavy (non-hydrogen) atoms. The van der Waals surface area contributed by atoms with E-state index in [0.29, 0.717) is 5.92 Å². The highest BCUT2D eigenvalue weighted by molar-refractivity contribution is 5.92. The van der Waals surface area contributed by atoms with Crippen LogP contribution in [0.15, 0.2) is 36.7 Å². The molecule has 3 aromatic rings. The smallest absolute Gasteiger partial charge is 0.155 e. The van der Waals surface area contributed by atoms with Crippen LogP contribution in [0.1, 0.15) is 23.5 Å². The van der Waals surface area contributed by atoms with E-state index in [4.69, 9.17) is 0 Å². The Morgan fingerprint density at radius 1 is 1.33 bits per heavy atom. The van der Waals surface area contributed by atoms with E-state index in [1.54, 1.807) is 0 Å². The summed E-state index contributed by atoms with van der Waals surface area (Å²) in [5.74, 6) is 0.631. The predicted molar refractivity (Wildman–Crippen MR) is 84.3 cm³/mol. The minimum Gasteiger partial charge on any atom is -0.319 e. The van der Waals surface area contributed by atoms with Crippen LogP contribution in [0.5, 0.6) is 0 Å². The molecule has 0 aliphatic heterocycles. The Morgan fingerprint density at radius 2 is 2.29 bits per heavy atom. The van der Waals surface area contributed by atoms with Crippen molar-refractivity contribution in [2.45, 2.75) is 18.8 Å². The summed E-state index contributed by atoms with van der Waals surface area (Å²) in [6, 6.07) is 8.93. The highest BCUT2D eigenvalue weighted by atomic mass is 15.1. The van der Waals surface area contributed by atoms with Crippen LogP contribution in [0.25, 0.3) is 22.2 Å². The van der Waals surface area contributed by atoms with E-state index in [2.05, 4.69) is 44.8 Å². The summed E-state index contributed by atoms with van der Waals surface area (Å²) >= 11 is 0. The fraction of sp³-hybridized carbons (Fsp3) is 0.294. The number of likely N-dealkylation sites (N-methyl/N-ethyl adjacent to an activating group) is 1. The quantitative estimate of drug-likeness (QED) is 0.774. The summed E-state index contributed by atoms with van der Waals surface area (Å²) in [5.41, 5.74) is 6.30. The lowest BCUT2D eigenvalue weighted by Gasteiger charge is -2.12. The normalized spacial score (nSPS) is 17.3. The van der Waals surface area contributed by atoms with Gasteiger partial charge in [0.15, 0.2) is 5.65 Å². The van der Waals surface area contributed by atoms with Crippen LogP contribution in [0.4, 0.5) is 0 Å². The fourth-order valence-electron chi connectivity index (χ4n) is 3.42. The van der Waals surface area contributed by atoms with Gasteiger partial charge in [-0.15, -0.1) is 0 Å². The molecular weight excluding hydrogens is 260 g/mol. The fourth-order valence-corrected chi connectivity index (χ4v) is 3.42. The van der Waals surface area contributed by atoms with Crippen molar-refractivity contribution in [2.24, 2.45) is 0 Å². The number of rotatable bonds is 3. The van der Waals surface area contributed by atoms with Gasteiger partial charge in [-0.2, -0.15) is 5.10 Å². The molecule has 0 amide bonds. The van der Waals surface area contributed by atoms with Gasteiger partial charge in [0.1, 0.15) is 0 Å². The van der Waals surface area contributed by atoms with Gasteiger partial charge in [0.05, 0.1) is 6.20 Å². The van der Waals surface area contributed by atoms with Crippen molar-refractivity contribution in [1.82, 2.24) is 20.5 Å². The number of H-pyrrole nitrogens is 1. The summed E-state index contributed by atoms with van der Waals surface area (Å²) in [5, 5.41) is 11.4. The van der Waals surface area contributed by atoms with Gasteiger partial charge in [-0.05, 0) is 54.1 Å². The van der Waals surface area contributed by atoms with E-state index >= 15 is 0 Å². The minimum atomic E-state index is 0.631. The number of fused-ring (bicyclic) bond motifs is 2. The first-order chi connectivity index (χ1) is 10.4. The van der Waals surface area contributed by atoms with Crippen LogP contribution in [0, 0.1) is 0 Å². The molecule has 0 saturated carbocycles. The van der Waals surface area contributed by atoms with E-state index in [1.807, 2.05) is 19.4 Å². The molecule has 4 rings (SSSR count). The number of nitrogens with one attached hydrogen (secondary N) is 2. The molecule has 2 N–H and O–H groups in total. The van der Waals surface area contributed by atoms with Gasteiger partial charge < -0.3 is 5.32 Å². The Bertz CT molecular complexity index is 788. The molecule has 2 heterocycles. The van der Waals surface area contributed by atoms with Crippen molar-refractivity contribution in [3.05, 3.63) is 47.8 Å². The van der Waals surface area contributed by atoms with Crippen LogP contribution in [0.3, 0.4) is 0 Å². The van der Waals surface area contributed by atoms with Crippen molar-refractivity contribution >= 4 is 11.0 Å². The van der Waals surface area contributed by atoms with Crippen LogP contribution < -0.4 is 5.32 Å². The first-order valence-corrected chi connectivity index (χ1v) is 7.42. The summed E-state index contributed by atoms with van der Waals surface area (Å²) < 4.78 is 0. The molecule has 0 bridgehead atoms. The summed E-state index contributed by atoms with van der Waals surface area (Å²) in [4.78, 5) is 4.32. The summed E-state index contributed by atoms with van der Waals surface area (Å²) in [6.07, 6.45) is 6.14. The van der Waals surface area contributed by atoms with Crippen LogP contribution in [-0.4, -0.2) is 28.8 Å². The SMILES string of the molecule is CNCC1CCc2ccc(-c3ccnc4[nH]ncc34)cc21. The van der Waals surface area contributed by atoms with Crippen molar-refractivity contribution < 1.29 is 0 Å². The lowest BCUT2D eigenvalue weighted by molar-refractivity contribution is 0.623. The number of hydrogen-bond acceptors (Lipinski definition) is 3. The Hall–Kier alpha value is -2.20. The Morgan fingerprint density at radius 3 is 3.19 bits per heavy atom. The Balaban J connectivity index is 1.83. The molecule has 1 aliphatic rings. The summed E-state index contributed by atoms with van der Waals surface area (Å²) in [6.45, 7) is 1.05. The molecule has 4 heteroatoms. The average Bonchev–Trinajstić information content (AvgIpc) is 3.14. The monoisotopic (exact) mass is 278 g/mol. The molecule has 1 atom stereocenters. The highest BCUT2D eigenvalue weighted by Crippen LogP contribution is 2.36.